The van der Waals surface area contributed by atoms with E-state index in [0.29, 0.717) is 0 Å². The molecule has 3 nitrogen and oxygen atoms in total. The van der Waals surface area contributed by atoms with Gasteiger partial charge in [0.2, 0.25) is 15.7 Å². The maximum Gasteiger partial charge on any atom is 0.227 e. The largest absolute Gasteiger partial charge is 0.281 e. The molecule has 0 amide bonds. The van der Waals surface area contributed by atoms with E-state index in [2.05, 4.69) is 26.8 Å². The number of hydrogen-bond donors (Lipinski definition) is 0. The maximum atomic E-state index is 12.8. The molecule has 0 N–H and O–H groups in total. The molecule has 1 spiro atoms. The fraction of sp³-hybridized carbons (Fsp3) is 0.792. The molecule has 166 valence electrons. The predicted octanol–water partition coefficient (Wildman–Crippen LogP) is 6.34. The zero-order valence-corrected chi connectivity index (χ0v) is 20.4. The van der Waals surface area contributed by atoms with Gasteiger partial charge in [0.1, 0.15) is 0 Å². The number of halogens is 3. The van der Waals surface area contributed by atoms with Crippen molar-refractivity contribution in [2.45, 2.75) is 66.2 Å². The summed E-state index contributed by atoms with van der Waals surface area (Å²) in [6.07, 6.45) is 7.44. The van der Waals surface area contributed by atoms with Crippen LogP contribution in [0.4, 0.5) is 0 Å². The summed E-state index contributed by atoms with van der Waals surface area (Å²) in [5, 5.41) is -1.14. The quantitative estimate of drug-likeness (QED) is 0.353. The lowest BCUT2D eigenvalue weighted by Gasteiger charge is -2.69. The van der Waals surface area contributed by atoms with Gasteiger partial charge in [0.15, 0.2) is 0 Å². The van der Waals surface area contributed by atoms with Gasteiger partial charge in [0.05, 0.1) is 11.8 Å². The van der Waals surface area contributed by atoms with Crippen molar-refractivity contribution in [1.82, 2.24) is 0 Å². The van der Waals surface area contributed by atoms with E-state index in [9.17, 15) is 14.4 Å². The molecule has 3 fully saturated rings. The molecular weight excluding hydrogens is 443 g/mol. The third-order valence-corrected chi connectivity index (χ3v) is 10.6. The first-order valence-electron chi connectivity index (χ1n) is 11.2. The molecule has 6 heteroatoms. The van der Waals surface area contributed by atoms with Crippen LogP contribution in [0.1, 0.15) is 66.2 Å². The van der Waals surface area contributed by atoms with Gasteiger partial charge in [0, 0.05) is 10.8 Å². The third-order valence-electron chi connectivity index (χ3n) is 9.63. The average Bonchev–Trinajstić information content (AvgIpc) is 2.65. The highest BCUT2D eigenvalue weighted by Gasteiger charge is 2.70. The Hall–Kier alpha value is -0.380. The summed E-state index contributed by atoms with van der Waals surface area (Å²) in [4.78, 5) is 37.9. The molecule has 2 bridgehead atoms. The Balaban J connectivity index is 1.89. The highest BCUT2D eigenvalue weighted by molar-refractivity contribution is 6.67. The van der Waals surface area contributed by atoms with Crippen LogP contribution in [-0.2, 0) is 14.4 Å². The summed E-state index contributed by atoms with van der Waals surface area (Å²) in [7, 11) is 0. The van der Waals surface area contributed by atoms with Crippen molar-refractivity contribution in [2.24, 2.45) is 51.8 Å². The van der Waals surface area contributed by atoms with E-state index in [1.165, 1.54) is 5.57 Å². The molecule has 3 saturated carbocycles. The molecule has 30 heavy (non-hydrogen) atoms. The van der Waals surface area contributed by atoms with E-state index in [1.807, 2.05) is 6.92 Å². The van der Waals surface area contributed by atoms with Gasteiger partial charge >= 0.3 is 0 Å². The topological polar surface area (TPSA) is 51.2 Å². The van der Waals surface area contributed by atoms with Crippen molar-refractivity contribution in [3.63, 3.8) is 0 Å². The predicted molar refractivity (Wildman–Crippen MR) is 119 cm³/mol. The Kier molecular flexibility index (Phi) is 5.56. The zero-order chi connectivity index (χ0) is 22.2. The molecule has 3 unspecified atom stereocenters. The summed E-state index contributed by atoms with van der Waals surface area (Å²) < 4.78 is 0. The van der Waals surface area contributed by atoms with Gasteiger partial charge in [-0.05, 0) is 96.0 Å². The number of hydrogen-bond acceptors (Lipinski definition) is 3. The van der Waals surface area contributed by atoms with E-state index in [-0.39, 0.29) is 34.3 Å². The second-order valence-electron chi connectivity index (χ2n) is 11.1. The minimum absolute atomic E-state index is 0.0648. The monoisotopic (exact) mass is 472 g/mol. The number of carbonyl (C=O) groups excluding carboxylic acids is 3. The Bertz CT molecular complexity index is 836. The Morgan fingerprint density at radius 3 is 2.20 bits per heavy atom. The van der Waals surface area contributed by atoms with Crippen LogP contribution in [0.3, 0.4) is 0 Å². The van der Waals surface area contributed by atoms with Crippen LogP contribution in [-0.4, -0.2) is 15.7 Å². The van der Waals surface area contributed by atoms with Crippen LogP contribution in [0.25, 0.3) is 0 Å². The lowest BCUT2D eigenvalue weighted by atomic mass is 9.34. The lowest BCUT2D eigenvalue weighted by Crippen LogP contribution is -2.65. The maximum absolute atomic E-state index is 12.8. The molecule has 0 saturated heterocycles. The van der Waals surface area contributed by atoms with E-state index in [4.69, 9.17) is 34.8 Å². The molecular formula is C24H31Cl3O3. The summed E-state index contributed by atoms with van der Waals surface area (Å²) in [6, 6.07) is 0. The summed E-state index contributed by atoms with van der Waals surface area (Å²) in [6.45, 7) is 8.59. The molecule has 0 aromatic rings. The summed E-state index contributed by atoms with van der Waals surface area (Å²) in [5.74, 6) is -0.569. The fourth-order valence-corrected chi connectivity index (χ4v) is 9.33. The zero-order valence-electron chi connectivity index (χ0n) is 18.1. The molecule has 0 aromatic carbocycles. The van der Waals surface area contributed by atoms with Crippen molar-refractivity contribution in [2.75, 3.05) is 0 Å². The van der Waals surface area contributed by atoms with Crippen molar-refractivity contribution >= 4 is 50.5 Å². The van der Waals surface area contributed by atoms with Crippen LogP contribution in [0.15, 0.2) is 11.6 Å². The van der Waals surface area contributed by atoms with E-state index >= 15 is 0 Å². The molecule has 5 aliphatic carbocycles. The van der Waals surface area contributed by atoms with Gasteiger partial charge < -0.3 is 0 Å². The number of fused-ring (bicyclic) bond motifs is 2. The van der Waals surface area contributed by atoms with Gasteiger partial charge in [-0.25, -0.2) is 0 Å². The molecule has 0 heterocycles. The van der Waals surface area contributed by atoms with E-state index in [0.717, 1.165) is 38.5 Å². The Morgan fingerprint density at radius 2 is 1.67 bits per heavy atom. The third kappa shape index (κ3) is 2.87. The average molecular weight is 474 g/mol. The minimum atomic E-state index is -0.590. The van der Waals surface area contributed by atoms with Crippen LogP contribution in [0.2, 0.25) is 0 Å². The second kappa shape index (κ2) is 7.32. The van der Waals surface area contributed by atoms with Gasteiger partial charge in [-0.3, -0.25) is 14.4 Å². The van der Waals surface area contributed by atoms with E-state index in [1.54, 1.807) is 0 Å². The van der Waals surface area contributed by atoms with Crippen LogP contribution < -0.4 is 0 Å². The minimum Gasteiger partial charge on any atom is -0.281 e. The fourth-order valence-electron chi connectivity index (χ4n) is 8.48. The Labute approximate surface area is 194 Å². The van der Waals surface area contributed by atoms with Crippen LogP contribution in [0.5, 0.6) is 0 Å². The van der Waals surface area contributed by atoms with Crippen LogP contribution >= 0.6 is 34.8 Å². The summed E-state index contributed by atoms with van der Waals surface area (Å²) >= 11 is 18.5. The Morgan fingerprint density at radius 1 is 1.00 bits per heavy atom. The van der Waals surface area contributed by atoms with Crippen LogP contribution in [0, 0.1) is 51.8 Å². The number of carbonyl (C=O) groups is 3. The molecule has 0 aromatic heterocycles. The van der Waals surface area contributed by atoms with E-state index < -0.39 is 33.2 Å². The standard InChI is InChI=1S/C24H31Cl3O3/c1-12(2)14-11-24-9-6-15-22(3,7-5-8-23(15,4)21(27)30)16(24)10-13(14)17(19(25)28)18(24)20(26)29/h11-13,15-18H,5-10H2,1-4H3/t13?,15-,16-,17?,18?,22+,23-,24-/m1/s1. The molecule has 0 aliphatic heterocycles. The molecule has 8 atom stereocenters. The molecule has 0 radical (unpaired) electrons. The van der Waals surface area contributed by atoms with Crippen molar-refractivity contribution in [1.29, 1.82) is 0 Å². The molecule has 5 aliphatic rings. The highest BCUT2D eigenvalue weighted by Crippen LogP contribution is 2.73. The van der Waals surface area contributed by atoms with Gasteiger partial charge in [-0.15, -0.1) is 0 Å². The van der Waals surface area contributed by atoms with Gasteiger partial charge in [0.25, 0.3) is 0 Å². The van der Waals surface area contributed by atoms with Crippen molar-refractivity contribution < 1.29 is 14.4 Å². The first-order valence-corrected chi connectivity index (χ1v) is 12.3. The smallest absolute Gasteiger partial charge is 0.227 e. The first kappa shape index (κ1) is 22.8. The van der Waals surface area contributed by atoms with Gasteiger partial charge in [-0.1, -0.05) is 45.8 Å². The van der Waals surface area contributed by atoms with Gasteiger partial charge in [-0.2, -0.15) is 0 Å². The molecule has 5 rings (SSSR count). The second-order valence-corrected chi connectivity index (χ2v) is 12.1. The van der Waals surface area contributed by atoms with Crippen molar-refractivity contribution in [3.8, 4) is 0 Å². The normalized spacial score (nSPS) is 47.3. The SMILES string of the molecule is CC(C)C1=C[C@]23CC[C@@H]4[C@](C)(CCC[C@@]4(C)C(=O)Cl)[C@H]2CC1C(C(=O)Cl)C3C(=O)Cl. The lowest BCUT2D eigenvalue weighted by molar-refractivity contribution is -0.185. The number of allylic oxidation sites excluding steroid dienone is 2. The number of rotatable bonds is 4. The highest BCUT2D eigenvalue weighted by atomic mass is 35.5. The first-order chi connectivity index (χ1) is 13.9. The summed E-state index contributed by atoms with van der Waals surface area (Å²) in [5.41, 5.74) is 0.104. The van der Waals surface area contributed by atoms with Crippen molar-refractivity contribution in [3.05, 3.63) is 11.6 Å².